The SMILES string of the molecule is Cl.Cl.O=C(c1c2c(nc3ccccc13)CCC2)N1CCC2(CCNC2)CC1. The highest BCUT2D eigenvalue weighted by Crippen LogP contribution is 2.38. The fourth-order valence-corrected chi connectivity index (χ4v) is 5.02. The predicted octanol–water partition coefficient (Wildman–Crippen LogP) is 3.78. The molecule has 1 spiro atoms. The number of carbonyl (C=O) groups excluding carboxylic acids is 1. The van der Waals surface area contributed by atoms with E-state index in [2.05, 4.69) is 16.3 Å². The van der Waals surface area contributed by atoms with Crippen molar-refractivity contribution in [2.24, 2.45) is 5.41 Å². The van der Waals surface area contributed by atoms with E-state index in [1.807, 2.05) is 18.2 Å². The number of nitrogens with zero attached hydrogens (tertiary/aromatic N) is 2. The molecule has 3 aliphatic rings. The summed E-state index contributed by atoms with van der Waals surface area (Å²) in [7, 11) is 0. The molecule has 1 N–H and O–H groups in total. The molecular formula is C21H27Cl2N3O. The number of para-hydroxylation sites is 1. The van der Waals surface area contributed by atoms with Crippen LogP contribution in [-0.4, -0.2) is 42.0 Å². The predicted molar refractivity (Wildman–Crippen MR) is 113 cm³/mol. The minimum Gasteiger partial charge on any atom is -0.339 e. The number of carbonyl (C=O) groups is 1. The number of pyridine rings is 1. The Hall–Kier alpha value is -1.36. The van der Waals surface area contributed by atoms with Gasteiger partial charge in [0.15, 0.2) is 0 Å². The van der Waals surface area contributed by atoms with E-state index in [0.717, 1.165) is 80.4 Å². The summed E-state index contributed by atoms with van der Waals surface area (Å²) in [5, 5.41) is 4.54. The van der Waals surface area contributed by atoms with Crippen molar-refractivity contribution in [3.63, 3.8) is 0 Å². The maximum atomic E-state index is 13.5. The lowest BCUT2D eigenvalue weighted by Gasteiger charge is -2.39. The van der Waals surface area contributed by atoms with Gasteiger partial charge in [-0.1, -0.05) is 18.2 Å². The summed E-state index contributed by atoms with van der Waals surface area (Å²) in [6.07, 6.45) is 6.66. The molecule has 1 aliphatic carbocycles. The van der Waals surface area contributed by atoms with Gasteiger partial charge in [-0.25, -0.2) is 0 Å². The van der Waals surface area contributed by atoms with E-state index in [4.69, 9.17) is 4.98 Å². The molecule has 6 heteroatoms. The minimum absolute atomic E-state index is 0. The van der Waals surface area contributed by atoms with Crippen molar-refractivity contribution in [3.8, 4) is 0 Å². The average Bonchev–Trinajstić information content (AvgIpc) is 3.29. The van der Waals surface area contributed by atoms with Gasteiger partial charge in [0.05, 0.1) is 11.1 Å². The molecule has 0 atom stereocenters. The number of rotatable bonds is 1. The van der Waals surface area contributed by atoms with Crippen LogP contribution in [0.2, 0.25) is 0 Å². The van der Waals surface area contributed by atoms with E-state index >= 15 is 0 Å². The van der Waals surface area contributed by atoms with E-state index in [1.54, 1.807) is 0 Å². The first-order valence-electron chi connectivity index (χ1n) is 9.66. The van der Waals surface area contributed by atoms with Gasteiger partial charge < -0.3 is 10.2 Å². The molecule has 3 heterocycles. The number of aryl methyl sites for hydroxylation is 1. The molecule has 2 fully saturated rings. The van der Waals surface area contributed by atoms with Crippen LogP contribution < -0.4 is 5.32 Å². The Morgan fingerprint density at radius 2 is 1.85 bits per heavy atom. The van der Waals surface area contributed by atoms with Gasteiger partial charge in [-0.05, 0) is 62.1 Å². The molecule has 1 aromatic heterocycles. The van der Waals surface area contributed by atoms with E-state index in [0.29, 0.717) is 5.41 Å². The second kappa shape index (κ2) is 7.94. The number of fused-ring (bicyclic) bond motifs is 2. The van der Waals surface area contributed by atoms with Gasteiger partial charge in [-0.3, -0.25) is 9.78 Å². The van der Waals surface area contributed by atoms with Crippen LogP contribution in [0.25, 0.3) is 10.9 Å². The number of likely N-dealkylation sites (tertiary alicyclic amines) is 1. The largest absolute Gasteiger partial charge is 0.339 e. The van der Waals surface area contributed by atoms with Crippen LogP contribution in [-0.2, 0) is 12.8 Å². The highest BCUT2D eigenvalue weighted by atomic mass is 35.5. The van der Waals surface area contributed by atoms with Crippen molar-refractivity contribution in [2.75, 3.05) is 26.2 Å². The Labute approximate surface area is 172 Å². The molecule has 0 bridgehead atoms. The topological polar surface area (TPSA) is 45.2 Å². The van der Waals surface area contributed by atoms with Crippen LogP contribution in [0, 0.1) is 5.41 Å². The van der Waals surface area contributed by atoms with Crippen LogP contribution in [0.15, 0.2) is 24.3 Å². The number of aromatic nitrogens is 1. The van der Waals surface area contributed by atoms with E-state index in [-0.39, 0.29) is 30.7 Å². The lowest BCUT2D eigenvalue weighted by Crippen LogP contribution is -2.44. The lowest BCUT2D eigenvalue weighted by atomic mass is 9.77. The van der Waals surface area contributed by atoms with Crippen molar-refractivity contribution in [1.29, 1.82) is 0 Å². The molecular weight excluding hydrogens is 381 g/mol. The summed E-state index contributed by atoms with van der Waals surface area (Å²) in [5.41, 5.74) is 4.72. The highest BCUT2D eigenvalue weighted by molar-refractivity contribution is 6.07. The first kappa shape index (κ1) is 20.4. The third-order valence-electron chi connectivity index (χ3n) is 6.58. The molecule has 0 unspecified atom stereocenters. The first-order valence-corrected chi connectivity index (χ1v) is 9.66. The normalized spacial score (nSPS) is 20.2. The van der Waals surface area contributed by atoms with E-state index in [9.17, 15) is 4.79 Å². The Morgan fingerprint density at radius 1 is 1.07 bits per heavy atom. The van der Waals surface area contributed by atoms with Crippen molar-refractivity contribution >= 4 is 41.6 Å². The number of hydrogen-bond donors (Lipinski definition) is 1. The Balaban J connectivity index is 0.00000105. The summed E-state index contributed by atoms with van der Waals surface area (Å²) >= 11 is 0. The highest BCUT2D eigenvalue weighted by Gasteiger charge is 2.39. The molecule has 2 aliphatic heterocycles. The fourth-order valence-electron chi connectivity index (χ4n) is 5.02. The molecule has 2 saturated heterocycles. The number of piperidine rings is 1. The monoisotopic (exact) mass is 407 g/mol. The van der Waals surface area contributed by atoms with E-state index in [1.165, 1.54) is 12.0 Å². The summed E-state index contributed by atoms with van der Waals surface area (Å²) in [6, 6.07) is 8.15. The Morgan fingerprint density at radius 3 is 2.59 bits per heavy atom. The van der Waals surface area contributed by atoms with Gasteiger partial charge >= 0.3 is 0 Å². The average molecular weight is 408 g/mol. The number of hydrogen-bond acceptors (Lipinski definition) is 3. The Kier molecular flexibility index (Phi) is 5.99. The van der Waals surface area contributed by atoms with Crippen LogP contribution >= 0.6 is 24.8 Å². The fraction of sp³-hybridized carbons (Fsp3) is 0.524. The standard InChI is InChI=1S/C21H25N3O.2ClH/c25-20(24-12-9-21(10-13-24)8-11-22-14-21)19-15-4-1-2-6-17(15)23-18-7-3-5-16(18)19;;/h1-2,4,6,22H,3,5,7-14H2;2*1H. The summed E-state index contributed by atoms with van der Waals surface area (Å²) in [5.74, 6) is 0.234. The van der Waals surface area contributed by atoms with Gasteiger partial charge in [0.2, 0.25) is 0 Å². The smallest absolute Gasteiger partial charge is 0.254 e. The molecule has 27 heavy (non-hydrogen) atoms. The van der Waals surface area contributed by atoms with Crippen LogP contribution in [0.3, 0.4) is 0 Å². The zero-order valence-electron chi connectivity index (χ0n) is 15.5. The van der Waals surface area contributed by atoms with Gasteiger partial charge in [-0.2, -0.15) is 0 Å². The number of halogens is 2. The van der Waals surface area contributed by atoms with Gasteiger partial charge in [0.25, 0.3) is 5.91 Å². The Bertz CT molecular complexity index is 839. The molecule has 1 aromatic carbocycles. The number of benzene rings is 1. The number of nitrogens with one attached hydrogen (secondary N) is 1. The molecule has 2 aromatic rings. The van der Waals surface area contributed by atoms with Gasteiger partial charge in [0.1, 0.15) is 0 Å². The second-order valence-corrected chi connectivity index (χ2v) is 8.00. The van der Waals surface area contributed by atoms with Crippen molar-refractivity contribution in [1.82, 2.24) is 15.2 Å². The molecule has 5 rings (SSSR count). The third-order valence-corrected chi connectivity index (χ3v) is 6.58. The van der Waals surface area contributed by atoms with Crippen molar-refractivity contribution in [2.45, 2.75) is 38.5 Å². The number of amides is 1. The van der Waals surface area contributed by atoms with Gasteiger partial charge in [0, 0.05) is 30.7 Å². The minimum atomic E-state index is 0. The van der Waals surface area contributed by atoms with Gasteiger partial charge in [-0.15, -0.1) is 24.8 Å². The zero-order chi connectivity index (χ0) is 16.9. The lowest BCUT2D eigenvalue weighted by molar-refractivity contribution is 0.0608. The molecule has 0 radical (unpaired) electrons. The van der Waals surface area contributed by atoms with Crippen LogP contribution in [0.4, 0.5) is 0 Å². The molecule has 146 valence electrons. The maximum absolute atomic E-state index is 13.5. The van der Waals surface area contributed by atoms with Crippen molar-refractivity contribution < 1.29 is 4.79 Å². The van der Waals surface area contributed by atoms with Crippen LogP contribution in [0.1, 0.15) is 47.3 Å². The maximum Gasteiger partial charge on any atom is 0.254 e. The quantitative estimate of drug-likeness (QED) is 0.781. The zero-order valence-corrected chi connectivity index (χ0v) is 17.1. The first-order chi connectivity index (χ1) is 12.3. The molecule has 4 nitrogen and oxygen atoms in total. The third kappa shape index (κ3) is 3.43. The van der Waals surface area contributed by atoms with Crippen molar-refractivity contribution in [3.05, 3.63) is 41.1 Å². The summed E-state index contributed by atoms with van der Waals surface area (Å²) in [6.45, 7) is 4.05. The second-order valence-electron chi connectivity index (χ2n) is 8.00. The molecule has 0 saturated carbocycles. The summed E-state index contributed by atoms with van der Waals surface area (Å²) < 4.78 is 0. The molecule has 1 amide bonds. The van der Waals surface area contributed by atoms with E-state index < -0.39 is 0 Å². The van der Waals surface area contributed by atoms with Crippen LogP contribution in [0.5, 0.6) is 0 Å². The summed E-state index contributed by atoms with van der Waals surface area (Å²) in [4.78, 5) is 20.4.